The summed E-state index contributed by atoms with van der Waals surface area (Å²) in [6.45, 7) is 3.80. The Labute approximate surface area is 206 Å². The molecule has 0 aliphatic heterocycles. The second-order valence-corrected chi connectivity index (χ2v) is 10.1. The normalized spacial score (nSPS) is 12.0. The zero-order valence-electron chi connectivity index (χ0n) is 20.0. The van der Waals surface area contributed by atoms with Crippen molar-refractivity contribution >= 4 is 39.1 Å². The van der Waals surface area contributed by atoms with E-state index in [-0.39, 0.29) is 18.1 Å². The first kappa shape index (κ1) is 27.5. The van der Waals surface area contributed by atoms with Gasteiger partial charge in [-0.05, 0) is 36.6 Å². The van der Waals surface area contributed by atoms with E-state index in [0.717, 1.165) is 17.0 Å². The standard InChI is InChI=1S/C24H32ClN3O5S/c1-5-14-26-24(30)22(6-2)27(16-18-10-7-8-13-21(18)25)23(29)17-28(34(4,31)32)19-11-9-12-20(15-19)33-3/h7-13,15,22H,5-6,14,16-17H2,1-4H3,(H,26,30)/t22-/m1/s1. The first-order valence-electron chi connectivity index (χ1n) is 11.0. The molecule has 34 heavy (non-hydrogen) atoms. The zero-order chi connectivity index (χ0) is 25.3. The van der Waals surface area contributed by atoms with Gasteiger partial charge in [0.25, 0.3) is 0 Å². The van der Waals surface area contributed by atoms with Crippen molar-refractivity contribution in [2.45, 2.75) is 39.3 Å². The molecule has 2 rings (SSSR count). The van der Waals surface area contributed by atoms with E-state index in [1.165, 1.54) is 18.1 Å². The molecule has 1 atom stereocenters. The van der Waals surface area contributed by atoms with Gasteiger partial charge in [-0.3, -0.25) is 13.9 Å². The molecule has 0 saturated heterocycles. The first-order valence-corrected chi connectivity index (χ1v) is 13.3. The molecule has 0 aliphatic carbocycles. The Hall–Kier alpha value is -2.78. The highest BCUT2D eigenvalue weighted by Gasteiger charge is 2.32. The first-order chi connectivity index (χ1) is 16.1. The van der Waals surface area contributed by atoms with Crippen molar-refractivity contribution in [1.82, 2.24) is 10.2 Å². The number of halogens is 1. The summed E-state index contributed by atoms with van der Waals surface area (Å²) >= 11 is 6.33. The molecule has 2 aromatic carbocycles. The highest BCUT2D eigenvalue weighted by Crippen LogP contribution is 2.25. The van der Waals surface area contributed by atoms with E-state index in [4.69, 9.17) is 16.3 Å². The number of benzene rings is 2. The Morgan fingerprint density at radius 1 is 1.12 bits per heavy atom. The smallest absolute Gasteiger partial charge is 0.244 e. The molecule has 1 N–H and O–H groups in total. The third-order valence-corrected chi connectivity index (χ3v) is 6.76. The maximum atomic E-state index is 13.6. The number of anilines is 1. The number of ether oxygens (including phenoxy) is 1. The minimum absolute atomic E-state index is 0.0618. The molecule has 8 nitrogen and oxygen atoms in total. The highest BCUT2D eigenvalue weighted by molar-refractivity contribution is 7.92. The van der Waals surface area contributed by atoms with Crippen LogP contribution < -0.4 is 14.4 Å². The predicted octanol–water partition coefficient (Wildman–Crippen LogP) is 3.45. The fourth-order valence-electron chi connectivity index (χ4n) is 3.47. The Morgan fingerprint density at radius 3 is 2.41 bits per heavy atom. The molecule has 2 amide bonds. The quantitative estimate of drug-likeness (QED) is 0.472. The lowest BCUT2D eigenvalue weighted by Gasteiger charge is -2.33. The van der Waals surface area contributed by atoms with Crippen molar-refractivity contribution in [1.29, 1.82) is 0 Å². The minimum Gasteiger partial charge on any atom is -0.497 e. The monoisotopic (exact) mass is 509 g/mol. The van der Waals surface area contributed by atoms with E-state index in [1.807, 2.05) is 6.92 Å². The van der Waals surface area contributed by atoms with Crippen LogP contribution in [-0.2, 0) is 26.2 Å². The topological polar surface area (TPSA) is 96.0 Å². The van der Waals surface area contributed by atoms with E-state index in [2.05, 4.69) is 5.32 Å². The molecule has 0 radical (unpaired) electrons. The molecule has 0 unspecified atom stereocenters. The van der Waals surface area contributed by atoms with Crippen molar-refractivity contribution in [2.24, 2.45) is 0 Å². The van der Waals surface area contributed by atoms with Gasteiger partial charge in [0.1, 0.15) is 18.3 Å². The van der Waals surface area contributed by atoms with Gasteiger partial charge < -0.3 is 15.0 Å². The molecule has 0 fully saturated rings. The molecule has 186 valence electrons. The summed E-state index contributed by atoms with van der Waals surface area (Å²) in [5.74, 6) is -0.361. The lowest BCUT2D eigenvalue weighted by molar-refractivity contribution is -0.140. The van der Waals surface area contributed by atoms with Crippen molar-refractivity contribution in [3.05, 3.63) is 59.1 Å². The van der Waals surface area contributed by atoms with Crippen LogP contribution in [0.25, 0.3) is 0 Å². The fourth-order valence-corrected chi connectivity index (χ4v) is 4.51. The molecular formula is C24H32ClN3O5S. The predicted molar refractivity (Wildman–Crippen MR) is 135 cm³/mol. The summed E-state index contributed by atoms with van der Waals surface area (Å²) in [5, 5.41) is 3.29. The van der Waals surface area contributed by atoms with E-state index >= 15 is 0 Å². The number of carbonyl (C=O) groups excluding carboxylic acids is 2. The summed E-state index contributed by atoms with van der Waals surface area (Å²) in [6, 6.07) is 12.7. The van der Waals surface area contributed by atoms with Crippen LogP contribution in [-0.4, -0.2) is 57.6 Å². The van der Waals surface area contributed by atoms with Gasteiger partial charge in [-0.25, -0.2) is 8.42 Å². The average molecular weight is 510 g/mol. The van der Waals surface area contributed by atoms with Crippen LogP contribution in [0.1, 0.15) is 32.3 Å². The van der Waals surface area contributed by atoms with E-state index in [0.29, 0.717) is 29.3 Å². The molecular weight excluding hydrogens is 478 g/mol. The number of methoxy groups -OCH3 is 1. The Morgan fingerprint density at radius 2 is 1.82 bits per heavy atom. The average Bonchev–Trinajstić information content (AvgIpc) is 2.81. The molecule has 0 spiro atoms. The number of nitrogens with zero attached hydrogens (tertiary/aromatic N) is 2. The molecule has 0 aliphatic rings. The number of amides is 2. The summed E-state index contributed by atoms with van der Waals surface area (Å²) in [4.78, 5) is 27.9. The number of rotatable bonds is 12. The van der Waals surface area contributed by atoms with Gasteiger partial charge >= 0.3 is 0 Å². The highest BCUT2D eigenvalue weighted by atomic mass is 35.5. The maximum absolute atomic E-state index is 13.6. The number of nitrogens with one attached hydrogen (secondary N) is 1. The third kappa shape index (κ3) is 7.36. The number of hydrogen-bond acceptors (Lipinski definition) is 5. The molecule has 0 saturated carbocycles. The van der Waals surface area contributed by atoms with Gasteiger partial charge in [-0.1, -0.05) is 49.7 Å². The second-order valence-electron chi connectivity index (χ2n) is 7.80. The molecule has 0 heterocycles. The summed E-state index contributed by atoms with van der Waals surface area (Å²) < 4.78 is 31.5. The molecule has 2 aromatic rings. The number of sulfonamides is 1. The van der Waals surface area contributed by atoms with Gasteiger partial charge in [0.05, 0.1) is 19.1 Å². The lowest BCUT2D eigenvalue weighted by atomic mass is 10.1. The minimum atomic E-state index is -3.82. The van der Waals surface area contributed by atoms with Crippen LogP contribution in [0.15, 0.2) is 48.5 Å². The van der Waals surface area contributed by atoms with Gasteiger partial charge in [0.2, 0.25) is 21.8 Å². The van der Waals surface area contributed by atoms with Crippen LogP contribution in [0.2, 0.25) is 5.02 Å². The van der Waals surface area contributed by atoms with Crippen LogP contribution in [0.5, 0.6) is 5.75 Å². The SMILES string of the molecule is CCCNC(=O)[C@@H](CC)N(Cc1ccccc1Cl)C(=O)CN(c1cccc(OC)c1)S(C)(=O)=O. The van der Waals surface area contributed by atoms with Crippen LogP contribution in [0, 0.1) is 0 Å². The lowest BCUT2D eigenvalue weighted by Crippen LogP contribution is -2.52. The molecule has 0 aromatic heterocycles. The summed E-state index contributed by atoms with van der Waals surface area (Å²) in [5.41, 5.74) is 0.947. The van der Waals surface area contributed by atoms with Gasteiger partial charge in [0.15, 0.2) is 0 Å². The van der Waals surface area contributed by atoms with Crippen LogP contribution in [0.4, 0.5) is 5.69 Å². The Bertz CT molecular complexity index is 1090. The Balaban J connectivity index is 2.45. The van der Waals surface area contributed by atoms with Crippen molar-refractivity contribution in [3.63, 3.8) is 0 Å². The van der Waals surface area contributed by atoms with Crippen molar-refractivity contribution in [3.8, 4) is 5.75 Å². The largest absolute Gasteiger partial charge is 0.497 e. The fraction of sp³-hybridized carbons (Fsp3) is 0.417. The second kappa shape index (κ2) is 12.6. The van der Waals surface area contributed by atoms with E-state index in [1.54, 1.807) is 49.4 Å². The molecule has 10 heteroatoms. The third-order valence-electron chi connectivity index (χ3n) is 5.25. The van der Waals surface area contributed by atoms with Crippen LogP contribution >= 0.6 is 11.6 Å². The maximum Gasteiger partial charge on any atom is 0.244 e. The summed E-state index contributed by atoms with van der Waals surface area (Å²) in [6.07, 6.45) is 2.13. The van der Waals surface area contributed by atoms with E-state index < -0.39 is 28.5 Å². The number of carbonyl (C=O) groups is 2. The van der Waals surface area contributed by atoms with Crippen molar-refractivity contribution in [2.75, 3.05) is 30.8 Å². The number of hydrogen-bond donors (Lipinski definition) is 1. The van der Waals surface area contributed by atoms with Crippen molar-refractivity contribution < 1.29 is 22.7 Å². The Kier molecular flexibility index (Phi) is 10.2. The summed E-state index contributed by atoms with van der Waals surface area (Å²) in [7, 11) is -2.34. The van der Waals surface area contributed by atoms with Gasteiger partial charge in [-0.15, -0.1) is 0 Å². The zero-order valence-corrected chi connectivity index (χ0v) is 21.5. The molecule has 0 bridgehead atoms. The van der Waals surface area contributed by atoms with Gasteiger partial charge in [-0.2, -0.15) is 0 Å². The van der Waals surface area contributed by atoms with Gasteiger partial charge in [0, 0.05) is 24.2 Å². The van der Waals surface area contributed by atoms with E-state index in [9.17, 15) is 18.0 Å². The van der Waals surface area contributed by atoms with Crippen LogP contribution in [0.3, 0.4) is 0 Å².